The molecule has 0 N–H and O–H groups in total. The van der Waals surface area contributed by atoms with E-state index in [1.807, 2.05) is 18.2 Å². The van der Waals surface area contributed by atoms with Crippen molar-refractivity contribution >= 4 is 24.4 Å². The molecule has 2 rings (SSSR count). The Morgan fingerprint density at radius 1 is 0.750 bits per heavy atom. The third kappa shape index (κ3) is 5.53. The van der Waals surface area contributed by atoms with Crippen molar-refractivity contribution < 1.29 is 14.3 Å². The van der Waals surface area contributed by atoms with E-state index in [0.29, 0.717) is 23.3 Å². The molecule has 0 unspecified atom stereocenters. The zero-order valence-electron chi connectivity index (χ0n) is 13.6. The predicted molar refractivity (Wildman–Crippen MR) is 98.9 cm³/mol. The van der Waals surface area contributed by atoms with Crippen molar-refractivity contribution in [1.29, 1.82) is 0 Å². The number of unbranched alkanes of at least 4 members (excludes halogenated alkanes) is 3. The van der Waals surface area contributed by atoms with Gasteiger partial charge in [0.1, 0.15) is 0 Å². The van der Waals surface area contributed by atoms with Crippen molar-refractivity contribution in [3.8, 4) is 0 Å². The predicted octanol–water partition coefficient (Wildman–Crippen LogP) is 4.56. The van der Waals surface area contributed by atoms with Gasteiger partial charge in [-0.2, -0.15) is 12.6 Å². The van der Waals surface area contributed by atoms with Gasteiger partial charge in [0, 0.05) is 11.1 Å². The van der Waals surface area contributed by atoms with Crippen LogP contribution in [0, 0.1) is 0 Å². The zero-order chi connectivity index (χ0) is 17.2. The molecule has 0 aliphatic carbocycles. The lowest BCUT2D eigenvalue weighted by Gasteiger charge is -2.06. The number of ketones is 1. The van der Waals surface area contributed by atoms with Crippen LogP contribution in [0.15, 0.2) is 54.6 Å². The number of hydrogen-bond acceptors (Lipinski definition) is 4. The number of ether oxygens (including phenoxy) is 1. The lowest BCUT2D eigenvalue weighted by Crippen LogP contribution is -2.07. The van der Waals surface area contributed by atoms with Gasteiger partial charge in [-0.1, -0.05) is 55.3 Å². The number of carbonyl (C=O) groups is 2. The second-order valence-corrected chi connectivity index (χ2v) is 5.99. The molecule has 0 radical (unpaired) electrons. The highest BCUT2D eigenvalue weighted by Gasteiger charge is 2.11. The molecule has 0 aliphatic rings. The Morgan fingerprint density at radius 3 is 2.00 bits per heavy atom. The lowest BCUT2D eigenvalue weighted by molar-refractivity contribution is 0.0497. The van der Waals surface area contributed by atoms with Gasteiger partial charge in [0.15, 0.2) is 5.78 Å². The standard InChI is InChI=1S/C20H22O3S/c21-19(16-8-4-3-5-9-16)17-10-12-18(13-11-17)20(22)23-14-6-1-2-7-15-24/h3-5,8-13,24H,1-2,6-7,14-15H2. The molecule has 24 heavy (non-hydrogen) atoms. The molecule has 2 aromatic carbocycles. The highest BCUT2D eigenvalue weighted by Crippen LogP contribution is 2.12. The van der Waals surface area contributed by atoms with E-state index in [1.54, 1.807) is 36.4 Å². The van der Waals surface area contributed by atoms with E-state index in [-0.39, 0.29) is 11.8 Å². The van der Waals surface area contributed by atoms with Gasteiger partial charge in [-0.3, -0.25) is 4.79 Å². The Hall–Kier alpha value is -2.07. The van der Waals surface area contributed by atoms with Crippen molar-refractivity contribution in [2.24, 2.45) is 0 Å². The Kier molecular flexibility index (Phi) is 7.56. The van der Waals surface area contributed by atoms with Crippen molar-refractivity contribution in [2.75, 3.05) is 12.4 Å². The summed E-state index contributed by atoms with van der Waals surface area (Å²) in [6.07, 6.45) is 4.10. The molecule has 2 aromatic rings. The Balaban J connectivity index is 1.85. The summed E-state index contributed by atoms with van der Waals surface area (Å²) in [7, 11) is 0. The minimum atomic E-state index is -0.345. The second kappa shape index (κ2) is 9.93. The Morgan fingerprint density at radius 2 is 1.33 bits per heavy atom. The maximum absolute atomic E-state index is 12.3. The van der Waals surface area contributed by atoms with Crippen LogP contribution in [0.5, 0.6) is 0 Å². The van der Waals surface area contributed by atoms with Crippen LogP contribution in [-0.2, 0) is 4.74 Å². The SMILES string of the molecule is O=C(OCCCCCCS)c1ccc(C(=O)c2ccccc2)cc1. The van der Waals surface area contributed by atoms with Gasteiger partial charge in [-0.15, -0.1) is 0 Å². The second-order valence-electron chi connectivity index (χ2n) is 5.55. The quantitative estimate of drug-likeness (QED) is 0.314. The highest BCUT2D eigenvalue weighted by atomic mass is 32.1. The molecule has 0 spiro atoms. The number of thiol groups is 1. The molecule has 0 aliphatic heterocycles. The summed E-state index contributed by atoms with van der Waals surface area (Å²) < 4.78 is 5.25. The van der Waals surface area contributed by atoms with Gasteiger partial charge >= 0.3 is 5.97 Å². The maximum atomic E-state index is 12.3. The minimum Gasteiger partial charge on any atom is -0.462 e. The normalized spacial score (nSPS) is 10.4. The van der Waals surface area contributed by atoms with E-state index in [4.69, 9.17) is 4.74 Å². The van der Waals surface area contributed by atoms with Crippen LogP contribution in [0.3, 0.4) is 0 Å². The average molecular weight is 342 g/mol. The van der Waals surface area contributed by atoms with E-state index >= 15 is 0 Å². The molecule has 0 aromatic heterocycles. The molecule has 0 heterocycles. The first-order valence-electron chi connectivity index (χ1n) is 8.20. The summed E-state index contributed by atoms with van der Waals surface area (Å²) >= 11 is 4.16. The van der Waals surface area contributed by atoms with E-state index < -0.39 is 0 Å². The van der Waals surface area contributed by atoms with Crippen LogP contribution in [0.25, 0.3) is 0 Å². The Bertz CT molecular complexity index is 650. The fourth-order valence-corrected chi connectivity index (χ4v) is 2.55. The van der Waals surface area contributed by atoms with E-state index in [9.17, 15) is 9.59 Å². The summed E-state index contributed by atoms with van der Waals surface area (Å²) in [5.74, 6) is 0.496. The van der Waals surface area contributed by atoms with Crippen molar-refractivity contribution in [3.63, 3.8) is 0 Å². The summed E-state index contributed by atoms with van der Waals surface area (Å²) in [5, 5.41) is 0. The van der Waals surface area contributed by atoms with Crippen LogP contribution in [0.1, 0.15) is 52.0 Å². The molecule has 0 bridgehead atoms. The zero-order valence-corrected chi connectivity index (χ0v) is 14.5. The molecule has 0 saturated heterocycles. The highest BCUT2D eigenvalue weighted by molar-refractivity contribution is 7.80. The average Bonchev–Trinajstić information content (AvgIpc) is 2.64. The van der Waals surface area contributed by atoms with Gasteiger partial charge < -0.3 is 4.74 Å². The van der Waals surface area contributed by atoms with Crippen molar-refractivity contribution in [3.05, 3.63) is 71.3 Å². The van der Waals surface area contributed by atoms with Crippen LogP contribution < -0.4 is 0 Å². The summed E-state index contributed by atoms with van der Waals surface area (Å²) in [4.78, 5) is 24.3. The first-order valence-corrected chi connectivity index (χ1v) is 8.83. The third-order valence-electron chi connectivity index (χ3n) is 3.70. The van der Waals surface area contributed by atoms with Crippen LogP contribution in [-0.4, -0.2) is 24.1 Å². The monoisotopic (exact) mass is 342 g/mol. The van der Waals surface area contributed by atoms with E-state index in [0.717, 1.165) is 31.4 Å². The van der Waals surface area contributed by atoms with E-state index in [2.05, 4.69) is 12.6 Å². The smallest absolute Gasteiger partial charge is 0.338 e. The molecule has 0 atom stereocenters. The maximum Gasteiger partial charge on any atom is 0.338 e. The summed E-state index contributed by atoms with van der Waals surface area (Å²) in [5.41, 5.74) is 1.66. The summed E-state index contributed by atoms with van der Waals surface area (Å²) in [6.45, 7) is 0.427. The van der Waals surface area contributed by atoms with Gasteiger partial charge in [-0.25, -0.2) is 4.79 Å². The fourth-order valence-electron chi connectivity index (χ4n) is 2.33. The Labute approximate surface area is 148 Å². The molecular weight excluding hydrogens is 320 g/mol. The molecule has 0 saturated carbocycles. The van der Waals surface area contributed by atoms with Crippen molar-refractivity contribution in [2.45, 2.75) is 25.7 Å². The number of rotatable bonds is 9. The molecule has 0 amide bonds. The molecule has 126 valence electrons. The molecular formula is C20H22O3S. The first kappa shape index (κ1) is 18.3. The number of esters is 1. The van der Waals surface area contributed by atoms with E-state index in [1.165, 1.54) is 0 Å². The number of carbonyl (C=O) groups excluding carboxylic acids is 2. The molecule has 3 nitrogen and oxygen atoms in total. The van der Waals surface area contributed by atoms with Crippen LogP contribution in [0.2, 0.25) is 0 Å². The minimum absolute atomic E-state index is 0.0558. The van der Waals surface area contributed by atoms with Gasteiger partial charge in [0.05, 0.1) is 12.2 Å². The largest absolute Gasteiger partial charge is 0.462 e. The van der Waals surface area contributed by atoms with Gasteiger partial charge in [0.25, 0.3) is 0 Å². The molecule has 0 fully saturated rings. The topological polar surface area (TPSA) is 43.4 Å². The van der Waals surface area contributed by atoms with Gasteiger partial charge in [-0.05, 0) is 30.7 Å². The third-order valence-corrected chi connectivity index (χ3v) is 4.02. The number of benzene rings is 2. The fraction of sp³-hybridized carbons (Fsp3) is 0.300. The lowest BCUT2D eigenvalue weighted by atomic mass is 10.0. The van der Waals surface area contributed by atoms with Gasteiger partial charge in [0.2, 0.25) is 0 Å². The van der Waals surface area contributed by atoms with Crippen molar-refractivity contribution in [1.82, 2.24) is 0 Å². The summed E-state index contributed by atoms with van der Waals surface area (Å²) in [6, 6.07) is 15.7. The number of hydrogen-bond donors (Lipinski definition) is 1. The van der Waals surface area contributed by atoms with Crippen LogP contribution in [0.4, 0.5) is 0 Å². The molecule has 4 heteroatoms. The first-order chi connectivity index (χ1) is 11.7. The van der Waals surface area contributed by atoms with Crippen LogP contribution >= 0.6 is 12.6 Å².